The van der Waals surface area contributed by atoms with Crippen molar-refractivity contribution in [1.29, 1.82) is 0 Å². The Morgan fingerprint density at radius 2 is 1.77 bits per heavy atom. The van der Waals surface area contributed by atoms with Gasteiger partial charge in [-0.2, -0.15) is 0 Å². The number of aromatic nitrogens is 1. The van der Waals surface area contributed by atoms with Crippen LogP contribution in [0.25, 0.3) is 11.1 Å². The van der Waals surface area contributed by atoms with Gasteiger partial charge >= 0.3 is 0 Å². The smallest absolute Gasteiger partial charge is 0.255 e. The number of aliphatic hydroxyl groups is 2. The molecule has 0 radical (unpaired) electrons. The third kappa shape index (κ3) is 6.33. The summed E-state index contributed by atoms with van der Waals surface area (Å²) < 4.78 is 1.43. The Morgan fingerprint density at radius 1 is 1.10 bits per heavy atom. The van der Waals surface area contributed by atoms with Crippen LogP contribution >= 0.6 is 0 Å². The maximum Gasteiger partial charge on any atom is 0.255 e. The van der Waals surface area contributed by atoms with Gasteiger partial charge < -0.3 is 24.6 Å². The Kier molecular flexibility index (Phi) is 9.20. The number of rotatable bonds is 8. The van der Waals surface area contributed by atoms with Crippen molar-refractivity contribution in [3.8, 4) is 11.1 Å². The van der Waals surface area contributed by atoms with Gasteiger partial charge in [-0.25, -0.2) is 0 Å². The van der Waals surface area contributed by atoms with Gasteiger partial charge in [0.05, 0.1) is 30.2 Å². The van der Waals surface area contributed by atoms with Crippen LogP contribution in [-0.4, -0.2) is 75.8 Å². The van der Waals surface area contributed by atoms with Crippen LogP contribution in [0.2, 0.25) is 0 Å². The Balaban J connectivity index is 1.56. The number of carbonyl (C=O) groups excluding carboxylic acids is 2. The lowest BCUT2D eigenvalue weighted by molar-refractivity contribution is -0.158. The fraction of sp³-hybridized carbons (Fsp3) is 0.594. The van der Waals surface area contributed by atoms with E-state index < -0.39 is 16.9 Å². The van der Waals surface area contributed by atoms with Crippen LogP contribution in [0, 0.1) is 17.3 Å². The second-order valence-corrected chi connectivity index (χ2v) is 12.7. The fourth-order valence-electron chi connectivity index (χ4n) is 6.43. The third-order valence-corrected chi connectivity index (χ3v) is 9.14. The zero-order valence-corrected chi connectivity index (χ0v) is 24.4. The van der Waals surface area contributed by atoms with E-state index in [0.29, 0.717) is 36.6 Å². The molecule has 2 atom stereocenters. The van der Waals surface area contributed by atoms with E-state index in [1.165, 1.54) is 34.8 Å². The first-order valence-corrected chi connectivity index (χ1v) is 14.6. The molecule has 1 aromatic heterocycles. The standard InChI is InChI=1S/C32H45N3O5/c1-31(2)21-34(29(38)25(20-36)17-23-11-7-5-8-12-23)16-15-32(31,40)22-35-19-27(30(39)33(3)4)26(18-28(35)37)24-13-9-6-10-14-24/h6,9-10,13-14,18-19,23,25,36,40H,5,7-8,11-12,15-17,20-22H2,1-4H3/t25-,32+/m0/s1. The Hall–Kier alpha value is -2.97. The summed E-state index contributed by atoms with van der Waals surface area (Å²) >= 11 is 0. The number of nitrogens with zero attached hydrogens (tertiary/aromatic N) is 3. The molecule has 0 bridgehead atoms. The number of likely N-dealkylation sites (tertiary alicyclic amines) is 1. The molecule has 0 spiro atoms. The summed E-state index contributed by atoms with van der Waals surface area (Å²) in [5, 5.41) is 22.0. The SMILES string of the molecule is CN(C)C(=O)c1cn(C[C@]2(O)CCN(C(=O)[C@H](CO)CC3CCCCC3)CC2(C)C)c(=O)cc1-c1ccccc1. The van der Waals surface area contributed by atoms with Gasteiger partial charge in [-0.15, -0.1) is 0 Å². The molecular weight excluding hydrogens is 506 g/mol. The summed E-state index contributed by atoms with van der Waals surface area (Å²) in [7, 11) is 3.34. The maximum absolute atomic E-state index is 13.5. The molecule has 218 valence electrons. The normalized spacial score (nSPS) is 22.1. The summed E-state index contributed by atoms with van der Waals surface area (Å²) in [6, 6.07) is 10.8. The van der Waals surface area contributed by atoms with Gasteiger partial charge in [0.15, 0.2) is 0 Å². The van der Waals surface area contributed by atoms with E-state index in [9.17, 15) is 24.6 Å². The van der Waals surface area contributed by atoms with Gasteiger partial charge in [-0.05, 0) is 24.3 Å². The first-order valence-electron chi connectivity index (χ1n) is 14.6. The van der Waals surface area contributed by atoms with Crippen molar-refractivity contribution in [2.75, 3.05) is 33.8 Å². The molecule has 2 heterocycles. The van der Waals surface area contributed by atoms with Gasteiger partial charge in [-0.3, -0.25) is 14.4 Å². The first-order chi connectivity index (χ1) is 19.0. The van der Waals surface area contributed by atoms with Crippen LogP contribution in [0.5, 0.6) is 0 Å². The van der Waals surface area contributed by atoms with Gasteiger partial charge in [0.1, 0.15) is 0 Å². The Labute approximate surface area is 237 Å². The summed E-state index contributed by atoms with van der Waals surface area (Å²) in [6.45, 7) is 4.34. The Bertz CT molecular complexity index is 1250. The summed E-state index contributed by atoms with van der Waals surface area (Å²) in [4.78, 5) is 43.2. The highest BCUT2D eigenvalue weighted by atomic mass is 16.3. The molecule has 1 aliphatic heterocycles. The number of hydrogen-bond acceptors (Lipinski definition) is 5. The van der Waals surface area contributed by atoms with Crippen LogP contribution < -0.4 is 5.56 Å². The minimum atomic E-state index is -1.28. The second kappa shape index (κ2) is 12.3. The van der Waals surface area contributed by atoms with E-state index >= 15 is 0 Å². The molecule has 1 aliphatic carbocycles. The molecule has 1 saturated carbocycles. The molecule has 2 amide bonds. The molecule has 4 rings (SSSR count). The summed E-state index contributed by atoms with van der Waals surface area (Å²) in [6.07, 6.45) is 8.42. The number of aliphatic hydroxyl groups excluding tert-OH is 1. The lowest BCUT2D eigenvalue weighted by atomic mass is 9.69. The lowest BCUT2D eigenvalue weighted by Gasteiger charge is -2.51. The predicted octanol–water partition coefficient (Wildman–Crippen LogP) is 3.79. The molecule has 1 saturated heterocycles. The molecule has 8 heteroatoms. The largest absolute Gasteiger partial charge is 0.396 e. The van der Waals surface area contributed by atoms with Crippen molar-refractivity contribution in [2.24, 2.45) is 17.3 Å². The van der Waals surface area contributed by atoms with E-state index in [1.807, 2.05) is 44.2 Å². The number of piperidine rings is 1. The van der Waals surface area contributed by atoms with Crippen molar-refractivity contribution in [3.05, 3.63) is 58.5 Å². The van der Waals surface area contributed by atoms with E-state index in [4.69, 9.17) is 0 Å². The van der Waals surface area contributed by atoms with Gasteiger partial charge in [0.2, 0.25) is 5.91 Å². The van der Waals surface area contributed by atoms with Crippen LogP contribution in [0.1, 0.15) is 69.2 Å². The fourth-order valence-corrected chi connectivity index (χ4v) is 6.43. The number of benzene rings is 1. The highest BCUT2D eigenvalue weighted by Gasteiger charge is 2.49. The monoisotopic (exact) mass is 551 g/mol. The predicted molar refractivity (Wildman–Crippen MR) is 156 cm³/mol. The average Bonchev–Trinajstić information content (AvgIpc) is 2.94. The number of carbonyl (C=O) groups is 2. The highest BCUT2D eigenvalue weighted by molar-refractivity contribution is 6.00. The quantitative estimate of drug-likeness (QED) is 0.520. The van der Waals surface area contributed by atoms with Crippen LogP contribution in [-0.2, 0) is 11.3 Å². The van der Waals surface area contributed by atoms with Crippen molar-refractivity contribution >= 4 is 11.8 Å². The second-order valence-electron chi connectivity index (χ2n) is 12.7. The molecule has 1 aromatic carbocycles. The average molecular weight is 552 g/mol. The third-order valence-electron chi connectivity index (χ3n) is 9.14. The van der Waals surface area contributed by atoms with E-state index in [1.54, 1.807) is 25.2 Å². The highest BCUT2D eigenvalue weighted by Crippen LogP contribution is 2.41. The molecule has 2 aliphatic rings. The summed E-state index contributed by atoms with van der Waals surface area (Å²) in [5.41, 5.74) is -0.592. The van der Waals surface area contributed by atoms with Crippen LogP contribution in [0.4, 0.5) is 0 Å². The van der Waals surface area contributed by atoms with Gasteiger partial charge in [0, 0.05) is 50.4 Å². The van der Waals surface area contributed by atoms with E-state index in [2.05, 4.69) is 0 Å². The molecule has 40 heavy (non-hydrogen) atoms. The van der Waals surface area contributed by atoms with E-state index in [0.717, 1.165) is 18.4 Å². The summed E-state index contributed by atoms with van der Waals surface area (Å²) in [5.74, 6) is -0.217. The molecule has 0 unspecified atom stereocenters. The number of amides is 2. The van der Waals surface area contributed by atoms with Gasteiger partial charge in [0.25, 0.3) is 11.5 Å². The topological polar surface area (TPSA) is 103 Å². The Morgan fingerprint density at radius 3 is 2.38 bits per heavy atom. The first kappa shape index (κ1) is 30.0. The molecule has 2 fully saturated rings. The molecule has 8 nitrogen and oxygen atoms in total. The molecule has 2 N–H and O–H groups in total. The zero-order chi connectivity index (χ0) is 29.1. The van der Waals surface area contributed by atoms with E-state index in [-0.39, 0.29) is 36.9 Å². The van der Waals surface area contributed by atoms with Crippen molar-refractivity contribution in [1.82, 2.24) is 14.4 Å². The van der Waals surface area contributed by atoms with Crippen molar-refractivity contribution in [2.45, 2.75) is 70.9 Å². The van der Waals surface area contributed by atoms with Crippen LogP contribution in [0.3, 0.4) is 0 Å². The molecule has 2 aromatic rings. The minimum Gasteiger partial charge on any atom is -0.396 e. The van der Waals surface area contributed by atoms with Crippen molar-refractivity contribution < 1.29 is 19.8 Å². The molecular formula is C32H45N3O5. The number of pyridine rings is 1. The van der Waals surface area contributed by atoms with Crippen molar-refractivity contribution in [3.63, 3.8) is 0 Å². The minimum absolute atomic E-state index is 0.00907. The van der Waals surface area contributed by atoms with Crippen LogP contribution in [0.15, 0.2) is 47.4 Å². The van der Waals surface area contributed by atoms with Gasteiger partial charge in [-0.1, -0.05) is 76.3 Å². The lowest BCUT2D eigenvalue weighted by Crippen LogP contribution is -2.61. The maximum atomic E-state index is 13.5. The number of hydrogen-bond donors (Lipinski definition) is 2. The zero-order valence-electron chi connectivity index (χ0n) is 24.4.